The van der Waals surface area contributed by atoms with Crippen LogP contribution in [-0.2, 0) is 19.1 Å². The molecule has 6 nitrogen and oxygen atoms in total. The zero-order valence-electron chi connectivity index (χ0n) is 13.5. The molecule has 0 atom stereocenters. The van der Waals surface area contributed by atoms with Crippen molar-refractivity contribution in [2.45, 2.75) is 13.8 Å². The fraction of sp³-hybridized carbons (Fsp3) is 0.625. The highest BCUT2D eigenvalue weighted by atomic mass is 16.5. The van der Waals surface area contributed by atoms with Gasteiger partial charge in [0.25, 0.3) is 0 Å². The van der Waals surface area contributed by atoms with E-state index in [4.69, 9.17) is 9.47 Å². The lowest BCUT2D eigenvalue weighted by atomic mass is 10.3. The summed E-state index contributed by atoms with van der Waals surface area (Å²) in [4.78, 5) is 26.9. The second-order valence-corrected chi connectivity index (χ2v) is 5.02. The maximum atomic E-state index is 11.2. The number of hydrogen-bond donors (Lipinski definition) is 0. The van der Waals surface area contributed by atoms with Crippen molar-refractivity contribution in [3.8, 4) is 0 Å². The van der Waals surface area contributed by atoms with E-state index in [0.717, 1.165) is 39.3 Å². The third-order valence-corrected chi connectivity index (χ3v) is 3.37. The van der Waals surface area contributed by atoms with Gasteiger partial charge in [-0.1, -0.05) is 12.2 Å². The van der Waals surface area contributed by atoms with Crippen LogP contribution in [-0.4, -0.2) is 74.2 Å². The molecule has 1 fully saturated rings. The Morgan fingerprint density at radius 2 is 1.18 bits per heavy atom. The minimum atomic E-state index is -0.288. The lowest BCUT2D eigenvalue weighted by Gasteiger charge is -2.34. The van der Waals surface area contributed by atoms with E-state index in [0.29, 0.717) is 13.2 Å². The molecule has 1 saturated heterocycles. The smallest absolute Gasteiger partial charge is 0.330 e. The average molecular weight is 310 g/mol. The molecule has 0 amide bonds. The third-order valence-electron chi connectivity index (χ3n) is 3.37. The Bertz CT molecular complexity index is 361. The first-order valence-electron chi connectivity index (χ1n) is 7.69. The van der Waals surface area contributed by atoms with Gasteiger partial charge in [0.15, 0.2) is 0 Å². The van der Waals surface area contributed by atoms with Crippen LogP contribution in [0.15, 0.2) is 24.3 Å². The van der Waals surface area contributed by atoms with Crippen LogP contribution in [0, 0.1) is 0 Å². The molecular formula is C16H26N2O4. The van der Waals surface area contributed by atoms with Crippen LogP contribution in [0.25, 0.3) is 0 Å². The lowest BCUT2D eigenvalue weighted by Crippen LogP contribution is -2.48. The van der Waals surface area contributed by atoms with Crippen molar-refractivity contribution < 1.29 is 19.1 Å². The Balaban J connectivity index is 2.08. The zero-order valence-corrected chi connectivity index (χ0v) is 13.5. The van der Waals surface area contributed by atoms with Gasteiger partial charge < -0.3 is 9.47 Å². The first kappa shape index (κ1) is 18.4. The predicted molar refractivity (Wildman–Crippen MR) is 84.4 cm³/mol. The van der Waals surface area contributed by atoms with Crippen LogP contribution in [0.3, 0.4) is 0 Å². The summed E-state index contributed by atoms with van der Waals surface area (Å²) in [5.41, 5.74) is 0. The SMILES string of the molecule is C/C=C/C(=O)OCCN1CCN(CCOC(=O)/C=C/C)CC1. The van der Waals surface area contributed by atoms with Gasteiger partial charge in [-0.05, 0) is 13.8 Å². The highest BCUT2D eigenvalue weighted by molar-refractivity contribution is 5.82. The summed E-state index contributed by atoms with van der Waals surface area (Å²) in [5, 5.41) is 0. The van der Waals surface area contributed by atoms with Gasteiger partial charge in [0, 0.05) is 51.4 Å². The topological polar surface area (TPSA) is 59.1 Å². The number of hydrogen-bond acceptors (Lipinski definition) is 6. The molecule has 0 radical (unpaired) electrons. The molecule has 6 heteroatoms. The molecule has 1 heterocycles. The summed E-state index contributed by atoms with van der Waals surface area (Å²) in [6.45, 7) is 9.67. The van der Waals surface area contributed by atoms with Crippen molar-refractivity contribution in [2.75, 3.05) is 52.5 Å². The van der Waals surface area contributed by atoms with Gasteiger partial charge in [-0.25, -0.2) is 9.59 Å². The van der Waals surface area contributed by atoms with Crippen molar-refractivity contribution in [3.05, 3.63) is 24.3 Å². The molecule has 0 aromatic carbocycles. The Hall–Kier alpha value is -1.66. The number of piperazine rings is 1. The maximum absolute atomic E-state index is 11.2. The Labute approximate surface area is 132 Å². The maximum Gasteiger partial charge on any atom is 0.330 e. The molecule has 1 aliphatic rings. The fourth-order valence-corrected chi connectivity index (χ4v) is 2.16. The summed E-state index contributed by atoms with van der Waals surface area (Å²) in [7, 11) is 0. The number of allylic oxidation sites excluding steroid dienone is 2. The van der Waals surface area contributed by atoms with E-state index in [9.17, 15) is 9.59 Å². The van der Waals surface area contributed by atoms with E-state index in [1.165, 1.54) is 12.2 Å². The van der Waals surface area contributed by atoms with Gasteiger partial charge in [-0.2, -0.15) is 0 Å². The summed E-state index contributed by atoms with van der Waals surface area (Å²) in [6, 6.07) is 0. The number of carbonyl (C=O) groups excluding carboxylic acids is 2. The fourth-order valence-electron chi connectivity index (χ4n) is 2.16. The van der Waals surface area contributed by atoms with Gasteiger partial charge in [-0.15, -0.1) is 0 Å². The molecule has 0 aromatic rings. The van der Waals surface area contributed by atoms with Crippen LogP contribution in [0.1, 0.15) is 13.8 Å². The number of carbonyl (C=O) groups is 2. The van der Waals surface area contributed by atoms with Crippen LogP contribution >= 0.6 is 0 Å². The number of nitrogens with zero attached hydrogens (tertiary/aromatic N) is 2. The molecular weight excluding hydrogens is 284 g/mol. The van der Waals surface area contributed by atoms with Crippen LogP contribution in [0.2, 0.25) is 0 Å². The zero-order chi connectivity index (χ0) is 16.2. The molecule has 124 valence electrons. The summed E-state index contributed by atoms with van der Waals surface area (Å²) in [6.07, 6.45) is 6.19. The summed E-state index contributed by atoms with van der Waals surface area (Å²) >= 11 is 0. The molecule has 0 aliphatic carbocycles. The van der Waals surface area contributed by atoms with Crippen molar-refractivity contribution in [1.29, 1.82) is 0 Å². The molecule has 0 bridgehead atoms. The lowest BCUT2D eigenvalue weighted by molar-refractivity contribution is -0.139. The highest BCUT2D eigenvalue weighted by Crippen LogP contribution is 2.01. The molecule has 0 spiro atoms. The second-order valence-electron chi connectivity index (χ2n) is 5.02. The molecule has 22 heavy (non-hydrogen) atoms. The van der Waals surface area contributed by atoms with E-state index >= 15 is 0 Å². The largest absolute Gasteiger partial charge is 0.461 e. The molecule has 0 unspecified atom stereocenters. The summed E-state index contributed by atoms with van der Waals surface area (Å²) in [5.74, 6) is -0.576. The standard InChI is InChI=1S/C16H26N2O4/c1-3-5-15(19)21-13-11-17-7-9-18(10-8-17)12-14-22-16(20)6-4-2/h3-6H,7-14H2,1-2H3/b5-3+,6-4+. The number of rotatable bonds is 8. The van der Waals surface area contributed by atoms with Crippen LogP contribution in [0.5, 0.6) is 0 Å². The van der Waals surface area contributed by atoms with Gasteiger partial charge in [0.1, 0.15) is 13.2 Å². The first-order chi connectivity index (χ1) is 10.7. The minimum Gasteiger partial charge on any atom is -0.461 e. The van der Waals surface area contributed by atoms with Gasteiger partial charge in [0.2, 0.25) is 0 Å². The molecule has 0 saturated carbocycles. The van der Waals surface area contributed by atoms with E-state index in [-0.39, 0.29) is 11.9 Å². The molecule has 1 aliphatic heterocycles. The predicted octanol–water partition coefficient (Wildman–Crippen LogP) is 0.843. The van der Waals surface area contributed by atoms with Gasteiger partial charge in [-0.3, -0.25) is 9.80 Å². The van der Waals surface area contributed by atoms with Crippen LogP contribution < -0.4 is 0 Å². The molecule has 0 aromatic heterocycles. The Morgan fingerprint density at radius 3 is 1.50 bits per heavy atom. The van der Waals surface area contributed by atoms with E-state index in [2.05, 4.69) is 9.80 Å². The molecule has 1 rings (SSSR count). The summed E-state index contributed by atoms with van der Waals surface area (Å²) < 4.78 is 10.2. The third kappa shape index (κ3) is 7.95. The average Bonchev–Trinajstić information content (AvgIpc) is 2.49. The van der Waals surface area contributed by atoms with Crippen LogP contribution in [0.4, 0.5) is 0 Å². The van der Waals surface area contributed by atoms with Crippen molar-refractivity contribution in [1.82, 2.24) is 9.80 Å². The van der Waals surface area contributed by atoms with Gasteiger partial charge >= 0.3 is 11.9 Å². The van der Waals surface area contributed by atoms with E-state index < -0.39 is 0 Å². The minimum absolute atomic E-state index is 0.288. The van der Waals surface area contributed by atoms with Crippen molar-refractivity contribution in [2.24, 2.45) is 0 Å². The monoisotopic (exact) mass is 310 g/mol. The highest BCUT2D eigenvalue weighted by Gasteiger charge is 2.16. The molecule has 0 N–H and O–H groups in total. The van der Waals surface area contributed by atoms with E-state index in [1.807, 2.05) is 0 Å². The van der Waals surface area contributed by atoms with Gasteiger partial charge in [0.05, 0.1) is 0 Å². The Morgan fingerprint density at radius 1 is 0.818 bits per heavy atom. The van der Waals surface area contributed by atoms with Crippen molar-refractivity contribution in [3.63, 3.8) is 0 Å². The normalized spacial score (nSPS) is 17.2. The number of ether oxygens (including phenoxy) is 2. The number of esters is 2. The quantitative estimate of drug-likeness (QED) is 0.489. The van der Waals surface area contributed by atoms with E-state index in [1.54, 1.807) is 26.0 Å². The van der Waals surface area contributed by atoms with Crippen molar-refractivity contribution >= 4 is 11.9 Å². The Kier molecular flexibility index (Phi) is 9.18. The first-order valence-corrected chi connectivity index (χ1v) is 7.69. The second kappa shape index (κ2) is 11.0.